The highest BCUT2D eigenvalue weighted by molar-refractivity contribution is 6.35. The number of hydrogen-bond donors (Lipinski definition) is 0. The maximum absolute atomic E-state index is 13.3. The van der Waals surface area contributed by atoms with E-state index < -0.39 is 17.8 Å². The smallest absolute Gasteiger partial charge is 0.410 e. The molecule has 0 bridgehead atoms. The highest BCUT2D eigenvalue weighted by Crippen LogP contribution is 2.37. The third kappa shape index (κ3) is 5.16. The zero-order valence-electron chi connectivity index (χ0n) is 17.3. The van der Waals surface area contributed by atoms with Crippen LogP contribution in [0.4, 0.5) is 4.79 Å². The Hall–Kier alpha value is -1.50. The first-order valence-electron chi connectivity index (χ1n) is 9.94. The van der Waals surface area contributed by atoms with Crippen molar-refractivity contribution in [2.24, 2.45) is 0 Å². The van der Waals surface area contributed by atoms with Crippen LogP contribution in [0.15, 0.2) is 12.1 Å². The summed E-state index contributed by atoms with van der Waals surface area (Å²) < 4.78 is 11.3. The summed E-state index contributed by atoms with van der Waals surface area (Å²) in [7, 11) is 0. The summed E-state index contributed by atoms with van der Waals surface area (Å²) in [5.74, 6) is -0.135. The topological polar surface area (TPSA) is 59.1 Å². The van der Waals surface area contributed by atoms with Crippen LogP contribution in [0.1, 0.15) is 51.3 Å². The van der Waals surface area contributed by atoms with E-state index in [0.29, 0.717) is 42.6 Å². The van der Waals surface area contributed by atoms with E-state index in [1.807, 2.05) is 33.8 Å². The second kappa shape index (κ2) is 8.70. The maximum Gasteiger partial charge on any atom is 0.410 e. The van der Waals surface area contributed by atoms with Crippen LogP contribution in [-0.2, 0) is 20.7 Å². The summed E-state index contributed by atoms with van der Waals surface area (Å²) >= 11 is 12.6. The first-order chi connectivity index (χ1) is 13.6. The van der Waals surface area contributed by atoms with Crippen LogP contribution in [0.2, 0.25) is 10.0 Å². The molecular weight excluding hydrogens is 415 g/mol. The minimum Gasteiger partial charge on any atom is -0.444 e. The molecule has 6 nitrogen and oxygen atoms in total. The molecule has 0 spiro atoms. The Morgan fingerprint density at radius 3 is 2.62 bits per heavy atom. The molecule has 0 saturated carbocycles. The normalized spacial score (nSPS) is 22.7. The second-order valence-electron chi connectivity index (χ2n) is 8.56. The summed E-state index contributed by atoms with van der Waals surface area (Å²) in [6.07, 6.45) is 0.190. The van der Waals surface area contributed by atoms with Gasteiger partial charge in [0.25, 0.3) is 5.91 Å². The monoisotopic (exact) mass is 442 g/mol. The fourth-order valence-corrected chi connectivity index (χ4v) is 4.55. The standard InChI is InChI=1S/C21H28Cl2N2O4/c1-13-18-14(10-15(22)11-16(18)23)6-8-25(13)19(26)17-12-24(7-5-9-28-17)20(27)29-21(2,3)4/h10-11,13,17H,5-9,12H2,1-4H3/t13-,17?/m0/s1. The minimum atomic E-state index is -0.722. The molecule has 0 aliphatic carbocycles. The molecule has 0 N–H and O–H groups in total. The van der Waals surface area contributed by atoms with Crippen LogP contribution in [-0.4, -0.2) is 59.7 Å². The van der Waals surface area contributed by atoms with E-state index in [9.17, 15) is 9.59 Å². The molecule has 1 fully saturated rings. The van der Waals surface area contributed by atoms with Gasteiger partial charge >= 0.3 is 6.09 Å². The molecule has 2 heterocycles. The van der Waals surface area contributed by atoms with Gasteiger partial charge in [0.15, 0.2) is 6.10 Å². The Morgan fingerprint density at radius 1 is 1.21 bits per heavy atom. The van der Waals surface area contributed by atoms with Crippen LogP contribution in [0, 0.1) is 0 Å². The molecule has 1 saturated heterocycles. The van der Waals surface area contributed by atoms with Gasteiger partial charge in [-0.3, -0.25) is 4.79 Å². The Labute approximate surface area is 182 Å². The number of ether oxygens (including phenoxy) is 2. The van der Waals surface area contributed by atoms with Gasteiger partial charge in [0, 0.05) is 29.7 Å². The summed E-state index contributed by atoms with van der Waals surface area (Å²) in [6.45, 7) is 9.08. The zero-order chi connectivity index (χ0) is 21.3. The molecular formula is C21H28Cl2N2O4. The fraction of sp³-hybridized carbons (Fsp3) is 0.619. The van der Waals surface area contributed by atoms with Crippen molar-refractivity contribution >= 4 is 35.2 Å². The van der Waals surface area contributed by atoms with Crippen LogP contribution in [0.3, 0.4) is 0 Å². The van der Waals surface area contributed by atoms with Gasteiger partial charge < -0.3 is 19.3 Å². The fourth-order valence-electron chi connectivity index (χ4n) is 3.86. The van der Waals surface area contributed by atoms with Gasteiger partial charge in [-0.05, 0) is 63.8 Å². The lowest BCUT2D eigenvalue weighted by molar-refractivity contribution is -0.146. The van der Waals surface area contributed by atoms with Gasteiger partial charge in [-0.1, -0.05) is 23.2 Å². The summed E-state index contributed by atoms with van der Waals surface area (Å²) in [5.41, 5.74) is 1.40. The average Bonchev–Trinajstić information content (AvgIpc) is 2.85. The van der Waals surface area contributed by atoms with Crippen molar-refractivity contribution in [3.8, 4) is 0 Å². The molecule has 1 aromatic carbocycles. The lowest BCUT2D eigenvalue weighted by Gasteiger charge is -2.38. The van der Waals surface area contributed by atoms with Gasteiger partial charge in [0.1, 0.15) is 5.60 Å². The van der Waals surface area contributed by atoms with E-state index in [1.165, 1.54) is 0 Å². The van der Waals surface area contributed by atoms with Gasteiger partial charge in [-0.25, -0.2) is 4.79 Å². The van der Waals surface area contributed by atoms with E-state index in [2.05, 4.69) is 0 Å². The molecule has 0 aromatic heterocycles. The summed E-state index contributed by atoms with van der Waals surface area (Å²) in [6, 6.07) is 3.42. The highest BCUT2D eigenvalue weighted by atomic mass is 35.5. The molecule has 2 amide bonds. The quantitative estimate of drug-likeness (QED) is 0.643. The van der Waals surface area contributed by atoms with Crippen molar-refractivity contribution in [3.63, 3.8) is 0 Å². The molecule has 1 unspecified atom stereocenters. The Bertz CT molecular complexity index is 794. The van der Waals surface area contributed by atoms with Crippen molar-refractivity contribution in [2.75, 3.05) is 26.2 Å². The average molecular weight is 443 g/mol. The Balaban J connectivity index is 1.76. The highest BCUT2D eigenvalue weighted by Gasteiger charge is 2.37. The van der Waals surface area contributed by atoms with Crippen LogP contribution in [0.25, 0.3) is 0 Å². The van der Waals surface area contributed by atoms with Crippen molar-refractivity contribution < 1.29 is 19.1 Å². The number of rotatable bonds is 1. The number of amides is 2. The largest absolute Gasteiger partial charge is 0.444 e. The SMILES string of the molecule is C[C@H]1c2c(Cl)cc(Cl)cc2CCN1C(=O)C1CN(C(=O)OC(C)(C)C)CCCO1. The molecule has 2 atom stereocenters. The van der Waals surface area contributed by atoms with E-state index in [0.717, 1.165) is 11.1 Å². The van der Waals surface area contributed by atoms with Crippen molar-refractivity contribution in [2.45, 2.75) is 58.3 Å². The van der Waals surface area contributed by atoms with Crippen molar-refractivity contribution in [3.05, 3.63) is 33.3 Å². The first-order valence-corrected chi connectivity index (χ1v) is 10.7. The Kier molecular flexibility index (Phi) is 6.66. The number of carbonyl (C=O) groups is 2. The Morgan fingerprint density at radius 2 is 1.93 bits per heavy atom. The van der Waals surface area contributed by atoms with E-state index in [4.69, 9.17) is 32.7 Å². The van der Waals surface area contributed by atoms with Gasteiger partial charge in [0.2, 0.25) is 0 Å². The third-order valence-corrected chi connectivity index (χ3v) is 5.71. The molecule has 2 aliphatic heterocycles. The van der Waals surface area contributed by atoms with Gasteiger partial charge in [-0.15, -0.1) is 0 Å². The van der Waals surface area contributed by atoms with Crippen LogP contribution < -0.4 is 0 Å². The lowest BCUT2D eigenvalue weighted by Crippen LogP contribution is -2.49. The van der Waals surface area contributed by atoms with Gasteiger partial charge in [-0.2, -0.15) is 0 Å². The number of nitrogens with zero attached hydrogens (tertiary/aromatic N) is 2. The van der Waals surface area contributed by atoms with E-state index in [1.54, 1.807) is 15.9 Å². The molecule has 160 valence electrons. The lowest BCUT2D eigenvalue weighted by atomic mass is 9.93. The first kappa shape index (κ1) is 22.2. The number of carbonyl (C=O) groups excluding carboxylic acids is 2. The van der Waals surface area contributed by atoms with Crippen molar-refractivity contribution in [1.29, 1.82) is 0 Å². The molecule has 0 radical (unpaired) electrons. The molecule has 8 heteroatoms. The zero-order valence-corrected chi connectivity index (χ0v) is 18.8. The van der Waals surface area contributed by atoms with E-state index >= 15 is 0 Å². The number of fused-ring (bicyclic) bond motifs is 1. The molecule has 29 heavy (non-hydrogen) atoms. The molecule has 2 aliphatic rings. The van der Waals surface area contributed by atoms with E-state index in [-0.39, 0.29) is 18.5 Å². The maximum atomic E-state index is 13.3. The van der Waals surface area contributed by atoms with Crippen LogP contribution in [0.5, 0.6) is 0 Å². The van der Waals surface area contributed by atoms with Gasteiger partial charge in [0.05, 0.1) is 12.6 Å². The molecule has 1 aromatic rings. The minimum absolute atomic E-state index is 0.135. The summed E-state index contributed by atoms with van der Waals surface area (Å²) in [4.78, 5) is 29.2. The second-order valence-corrected chi connectivity index (χ2v) is 9.40. The predicted molar refractivity (Wildman–Crippen MR) is 112 cm³/mol. The van der Waals surface area contributed by atoms with Crippen molar-refractivity contribution in [1.82, 2.24) is 9.80 Å². The van der Waals surface area contributed by atoms with Crippen LogP contribution >= 0.6 is 23.2 Å². The number of hydrogen-bond acceptors (Lipinski definition) is 4. The third-order valence-electron chi connectivity index (χ3n) is 5.18. The number of halogens is 2. The number of benzene rings is 1. The summed E-state index contributed by atoms with van der Waals surface area (Å²) in [5, 5.41) is 1.16. The predicted octanol–water partition coefficient (Wildman–Crippen LogP) is 4.47. The molecule has 3 rings (SSSR count).